The van der Waals surface area contributed by atoms with Crippen LogP contribution in [0.25, 0.3) is 0 Å². The van der Waals surface area contributed by atoms with Crippen molar-refractivity contribution in [2.24, 2.45) is 0 Å². The van der Waals surface area contributed by atoms with E-state index in [0.29, 0.717) is 0 Å². The van der Waals surface area contributed by atoms with E-state index in [-0.39, 0.29) is 12.4 Å². The molecule has 0 aromatic rings. The van der Waals surface area contributed by atoms with Gasteiger partial charge < -0.3 is 5.11 Å². The predicted octanol–water partition coefficient (Wildman–Crippen LogP) is 0.303. The first-order valence-corrected chi connectivity index (χ1v) is 2.49. The van der Waals surface area contributed by atoms with E-state index >= 15 is 0 Å². The summed E-state index contributed by atoms with van der Waals surface area (Å²) in [5.74, 6) is 0. The molecule has 1 saturated heterocycles. The van der Waals surface area contributed by atoms with Gasteiger partial charge in [-0.2, -0.15) is 13.2 Å². The minimum Gasteiger partial charge on any atom is -0.395 e. The molecule has 62 valence electrons. The van der Waals surface area contributed by atoms with Gasteiger partial charge in [-0.15, -0.1) is 12.4 Å². The first-order valence-electron chi connectivity index (χ1n) is 2.49. The molecule has 0 spiro atoms. The van der Waals surface area contributed by atoms with Crippen molar-refractivity contribution in [3.63, 3.8) is 0 Å². The predicted molar refractivity (Wildman–Crippen MR) is 31.1 cm³/mol. The SMILES string of the molecule is Cl.OCC1NC1C(F)(F)F. The topological polar surface area (TPSA) is 42.2 Å². The van der Waals surface area contributed by atoms with Gasteiger partial charge in [0.15, 0.2) is 0 Å². The summed E-state index contributed by atoms with van der Waals surface area (Å²) in [6.45, 7) is -0.440. The molecule has 1 heterocycles. The van der Waals surface area contributed by atoms with Gasteiger partial charge in [0.05, 0.1) is 12.6 Å². The molecular weight excluding hydrogens is 170 g/mol. The van der Waals surface area contributed by atoms with Crippen LogP contribution >= 0.6 is 12.4 Å². The molecule has 10 heavy (non-hydrogen) atoms. The van der Waals surface area contributed by atoms with E-state index in [1.165, 1.54) is 0 Å². The number of hydrogen-bond donors (Lipinski definition) is 2. The Hall–Kier alpha value is -0.0000000000000000555. The smallest absolute Gasteiger partial charge is 0.395 e. The minimum absolute atomic E-state index is 0. The minimum atomic E-state index is -4.19. The lowest BCUT2D eigenvalue weighted by molar-refractivity contribution is -0.130. The Morgan fingerprint density at radius 3 is 2.00 bits per heavy atom. The van der Waals surface area contributed by atoms with Crippen molar-refractivity contribution in [1.82, 2.24) is 5.32 Å². The van der Waals surface area contributed by atoms with Crippen LogP contribution in [0.3, 0.4) is 0 Å². The van der Waals surface area contributed by atoms with Gasteiger partial charge in [-0.3, -0.25) is 5.32 Å². The molecule has 0 aromatic heterocycles. The summed E-state index contributed by atoms with van der Waals surface area (Å²) in [6.07, 6.45) is -4.19. The molecule has 0 aliphatic carbocycles. The Labute approximate surface area is 61.8 Å². The van der Waals surface area contributed by atoms with Crippen LogP contribution < -0.4 is 5.32 Å². The van der Waals surface area contributed by atoms with Gasteiger partial charge in [0.25, 0.3) is 0 Å². The lowest BCUT2D eigenvalue weighted by Gasteiger charge is -2.00. The Morgan fingerprint density at radius 1 is 1.40 bits per heavy atom. The van der Waals surface area contributed by atoms with E-state index in [9.17, 15) is 13.2 Å². The second-order valence-corrected chi connectivity index (χ2v) is 1.98. The van der Waals surface area contributed by atoms with Gasteiger partial charge in [-0.1, -0.05) is 0 Å². The molecule has 2 N–H and O–H groups in total. The summed E-state index contributed by atoms with van der Waals surface area (Å²) in [4.78, 5) is 0. The maximum Gasteiger partial charge on any atom is 0.405 e. The lowest BCUT2D eigenvalue weighted by Crippen LogP contribution is -2.20. The third-order valence-electron chi connectivity index (χ3n) is 1.24. The van der Waals surface area contributed by atoms with Gasteiger partial charge in [0.1, 0.15) is 6.04 Å². The molecule has 0 bridgehead atoms. The molecule has 1 aliphatic rings. The van der Waals surface area contributed by atoms with E-state index in [4.69, 9.17) is 5.11 Å². The van der Waals surface area contributed by atoms with Crippen LogP contribution in [0.5, 0.6) is 0 Å². The fraction of sp³-hybridized carbons (Fsp3) is 1.00. The average Bonchev–Trinajstić information content (AvgIpc) is 2.39. The second kappa shape index (κ2) is 2.94. The average molecular weight is 178 g/mol. The highest BCUT2D eigenvalue weighted by Crippen LogP contribution is 2.30. The molecule has 1 aliphatic heterocycles. The molecule has 6 heteroatoms. The number of aliphatic hydroxyl groups is 1. The summed E-state index contributed by atoms with van der Waals surface area (Å²) in [6, 6.07) is -2.23. The third-order valence-corrected chi connectivity index (χ3v) is 1.24. The van der Waals surface area contributed by atoms with Crippen LogP contribution in [0.1, 0.15) is 0 Å². The third kappa shape index (κ3) is 2.00. The quantitative estimate of drug-likeness (QED) is 0.566. The van der Waals surface area contributed by atoms with Crippen LogP contribution in [-0.4, -0.2) is 30.0 Å². The van der Waals surface area contributed by atoms with Crippen molar-refractivity contribution >= 4 is 12.4 Å². The largest absolute Gasteiger partial charge is 0.405 e. The summed E-state index contributed by atoms with van der Waals surface area (Å²) in [5, 5.41) is 10.3. The highest BCUT2D eigenvalue weighted by Gasteiger charge is 2.55. The van der Waals surface area contributed by atoms with Crippen molar-refractivity contribution in [1.29, 1.82) is 0 Å². The fourth-order valence-electron chi connectivity index (χ4n) is 0.656. The lowest BCUT2D eigenvalue weighted by atomic mass is 10.3. The van der Waals surface area contributed by atoms with E-state index in [2.05, 4.69) is 5.32 Å². The van der Waals surface area contributed by atoms with Crippen LogP contribution in [0.2, 0.25) is 0 Å². The van der Waals surface area contributed by atoms with Crippen molar-refractivity contribution in [2.75, 3.05) is 6.61 Å². The first-order chi connectivity index (χ1) is 4.05. The van der Waals surface area contributed by atoms with Crippen molar-refractivity contribution in [2.45, 2.75) is 18.3 Å². The summed E-state index contributed by atoms with van der Waals surface area (Å²) >= 11 is 0. The van der Waals surface area contributed by atoms with Crippen molar-refractivity contribution < 1.29 is 18.3 Å². The number of nitrogens with one attached hydrogen (secondary N) is 1. The molecule has 0 aromatic carbocycles. The fourth-order valence-corrected chi connectivity index (χ4v) is 0.656. The molecule has 0 radical (unpaired) electrons. The monoisotopic (exact) mass is 177 g/mol. The standard InChI is InChI=1S/C4H6F3NO.ClH/c5-4(6,7)3-2(1-9)8-3;/h2-3,8-9H,1H2;1H. The normalized spacial score (nSPS) is 31.2. The zero-order chi connectivity index (χ0) is 7.07. The van der Waals surface area contributed by atoms with Gasteiger partial charge >= 0.3 is 6.18 Å². The zero-order valence-corrected chi connectivity index (χ0v) is 5.67. The highest BCUT2D eigenvalue weighted by molar-refractivity contribution is 5.85. The number of aliphatic hydroxyl groups excluding tert-OH is 1. The first kappa shape index (κ1) is 10.0. The highest BCUT2D eigenvalue weighted by atomic mass is 35.5. The zero-order valence-electron chi connectivity index (χ0n) is 4.85. The van der Waals surface area contributed by atoms with Gasteiger partial charge in [0, 0.05) is 0 Å². The molecule has 2 nitrogen and oxygen atoms in total. The van der Waals surface area contributed by atoms with E-state index in [1.807, 2.05) is 0 Å². The van der Waals surface area contributed by atoms with Crippen LogP contribution in [-0.2, 0) is 0 Å². The maximum absolute atomic E-state index is 11.5. The Bertz CT molecular complexity index is 118. The molecule has 1 fully saturated rings. The molecular formula is C4H7ClF3NO. The van der Waals surface area contributed by atoms with Crippen molar-refractivity contribution in [3.05, 3.63) is 0 Å². The maximum atomic E-state index is 11.5. The van der Waals surface area contributed by atoms with Crippen molar-refractivity contribution in [3.8, 4) is 0 Å². The Kier molecular flexibility index (Phi) is 2.94. The van der Waals surface area contributed by atoms with E-state index in [1.54, 1.807) is 0 Å². The summed E-state index contributed by atoms with van der Waals surface area (Å²) in [5.41, 5.74) is 0. The van der Waals surface area contributed by atoms with Gasteiger partial charge in [0.2, 0.25) is 0 Å². The Morgan fingerprint density at radius 2 is 1.90 bits per heavy atom. The number of rotatable bonds is 1. The molecule has 0 amide bonds. The molecule has 1 rings (SSSR count). The van der Waals surface area contributed by atoms with Crippen LogP contribution in [0.4, 0.5) is 13.2 Å². The second-order valence-electron chi connectivity index (χ2n) is 1.98. The molecule has 2 unspecified atom stereocenters. The van der Waals surface area contributed by atoms with E-state index < -0.39 is 24.9 Å². The number of alkyl halides is 3. The summed E-state index contributed by atoms with van der Waals surface area (Å²) < 4.78 is 34.5. The number of halogens is 4. The van der Waals surface area contributed by atoms with E-state index in [0.717, 1.165) is 0 Å². The van der Waals surface area contributed by atoms with Crippen LogP contribution in [0, 0.1) is 0 Å². The van der Waals surface area contributed by atoms with Gasteiger partial charge in [-0.25, -0.2) is 0 Å². The van der Waals surface area contributed by atoms with Gasteiger partial charge in [-0.05, 0) is 0 Å². The Balaban J connectivity index is 0.000000810. The van der Waals surface area contributed by atoms with Crippen LogP contribution in [0.15, 0.2) is 0 Å². The number of hydrogen-bond acceptors (Lipinski definition) is 2. The summed E-state index contributed by atoms with van der Waals surface area (Å²) in [7, 11) is 0. The molecule has 2 atom stereocenters. The molecule has 0 saturated carbocycles.